The number of carbonyl (C=O) groups excluding carboxylic acids is 2. The van der Waals surface area contributed by atoms with E-state index in [0.717, 1.165) is 12.3 Å². The van der Waals surface area contributed by atoms with E-state index in [1.165, 1.54) is 4.90 Å². The van der Waals surface area contributed by atoms with Crippen molar-refractivity contribution in [3.63, 3.8) is 0 Å². The maximum Gasteiger partial charge on any atom is 0.231 e. The molecule has 1 atom stereocenters. The molecule has 4 nitrogen and oxygen atoms in total. The van der Waals surface area contributed by atoms with Crippen LogP contribution >= 0.6 is 11.8 Å². The molecule has 0 radical (unpaired) electrons. The normalized spacial score (nSPS) is 30.5. The van der Waals surface area contributed by atoms with Gasteiger partial charge in [-0.15, -0.1) is 11.8 Å². The van der Waals surface area contributed by atoms with Gasteiger partial charge in [-0.3, -0.25) is 19.4 Å². The van der Waals surface area contributed by atoms with E-state index in [-0.39, 0.29) is 17.3 Å². The molecule has 0 aromatic rings. The van der Waals surface area contributed by atoms with E-state index >= 15 is 0 Å². The van der Waals surface area contributed by atoms with Gasteiger partial charge in [0.2, 0.25) is 11.8 Å². The molecule has 2 heterocycles. The molecule has 13 heavy (non-hydrogen) atoms. The summed E-state index contributed by atoms with van der Waals surface area (Å²) in [7, 11) is 1.95. The first-order chi connectivity index (χ1) is 6.20. The van der Waals surface area contributed by atoms with Crippen LogP contribution in [-0.2, 0) is 9.59 Å². The predicted molar refractivity (Wildman–Crippen MR) is 50.0 cm³/mol. The number of imide groups is 1. The van der Waals surface area contributed by atoms with Gasteiger partial charge in [0, 0.05) is 25.1 Å². The highest BCUT2D eigenvalue weighted by Crippen LogP contribution is 2.29. The Kier molecular flexibility index (Phi) is 2.29. The van der Waals surface area contributed by atoms with Crippen molar-refractivity contribution in [2.45, 2.75) is 18.3 Å². The van der Waals surface area contributed by atoms with E-state index in [1.807, 2.05) is 11.9 Å². The molecule has 0 saturated carbocycles. The van der Waals surface area contributed by atoms with Gasteiger partial charge in [0.05, 0.1) is 0 Å². The van der Waals surface area contributed by atoms with Gasteiger partial charge in [-0.1, -0.05) is 0 Å². The minimum absolute atomic E-state index is 0.0174. The third kappa shape index (κ3) is 1.46. The number of hydrogen-bond donors (Lipinski definition) is 0. The Morgan fingerprint density at radius 1 is 1.31 bits per heavy atom. The van der Waals surface area contributed by atoms with Crippen LogP contribution in [0, 0.1) is 0 Å². The van der Waals surface area contributed by atoms with Crippen molar-refractivity contribution < 1.29 is 9.59 Å². The Balaban J connectivity index is 2.14. The molecule has 0 aliphatic carbocycles. The second-order valence-electron chi connectivity index (χ2n) is 3.34. The molecular formula is C8H12N2O2S. The molecule has 2 rings (SSSR count). The van der Waals surface area contributed by atoms with Gasteiger partial charge >= 0.3 is 0 Å². The maximum absolute atomic E-state index is 11.4. The highest BCUT2D eigenvalue weighted by Gasteiger charge is 2.39. The van der Waals surface area contributed by atoms with Crippen molar-refractivity contribution in [2.75, 3.05) is 19.3 Å². The molecule has 1 unspecified atom stereocenters. The number of rotatable bonds is 1. The Morgan fingerprint density at radius 2 is 1.92 bits per heavy atom. The largest absolute Gasteiger partial charge is 0.277 e. The quantitative estimate of drug-likeness (QED) is 0.563. The monoisotopic (exact) mass is 200 g/mol. The van der Waals surface area contributed by atoms with E-state index in [1.54, 1.807) is 11.8 Å². The Labute approximate surface area is 81.2 Å². The summed E-state index contributed by atoms with van der Waals surface area (Å²) in [6.07, 6.45) is 0.785. The number of thioether (sulfide) groups is 1. The average Bonchev–Trinajstić information content (AvgIpc) is 2.60. The molecule has 2 saturated heterocycles. The lowest BCUT2D eigenvalue weighted by atomic mass is 10.4. The van der Waals surface area contributed by atoms with Crippen LogP contribution in [-0.4, -0.2) is 46.5 Å². The number of hydrogen-bond acceptors (Lipinski definition) is 4. The summed E-state index contributed by atoms with van der Waals surface area (Å²) in [6, 6.07) is 0. The summed E-state index contributed by atoms with van der Waals surface area (Å²) in [5.74, 6) is 0.964. The SMILES string of the molecule is CN1CCSC1N1C(=O)CCC1=O. The maximum atomic E-state index is 11.4. The van der Waals surface area contributed by atoms with E-state index in [4.69, 9.17) is 0 Å². The summed E-state index contributed by atoms with van der Waals surface area (Å²) in [5, 5.41) is 0. The molecule has 2 aliphatic rings. The van der Waals surface area contributed by atoms with Gasteiger partial charge in [0.25, 0.3) is 0 Å². The second kappa shape index (κ2) is 3.31. The average molecular weight is 200 g/mol. The van der Waals surface area contributed by atoms with E-state index in [0.29, 0.717) is 12.8 Å². The number of nitrogens with zero attached hydrogens (tertiary/aromatic N) is 2. The summed E-state index contributed by atoms with van der Waals surface area (Å²) < 4.78 is 0. The van der Waals surface area contributed by atoms with Crippen LogP contribution < -0.4 is 0 Å². The third-order valence-electron chi connectivity index (χ3n) is 2.40. The van der Waals surface area contributed by atoms with Crippen LogP contribution in [0.4, 0.5) is 0 Å². The Morgan fingerprint density at radius 3 is 2.38 bits per heavy atom. The molecule has 0 N–H and O–H groups in total. The summed E-state index contributed by atoms with van der Waals surface area (Å²) in [6.45, 7) is 0.951. The second-order valence-corrected chi connectivity index (χ2v) is 4.50. The highest BCUT2D eigenvalue weighted by molar-refractivity contribution is 8.00. The van der Waals surface area contributed by atoms with Crippen LogP contribution in [0.1, 0.15) is 12.8 Å². The van der Waals surface area contributed by atoms with E-state index in [2.05, 4.69) is 0 Å². The molecule has 0 spiro atoms. The summed E-state index contributed by atoms with van der Waals surface area (Å²) in [4.78, 5) is 26.2. The number of likely N-dealkylation sites (tertiary alicyclic amines) is 1. The van der Waals surface area contributed by atoms with Crippen LogP contribution in [0.25, 0.3) is 0 Å². The zero-order valence-electron chi connectivity index (χ0n) is 7.52. The van der Waals surface area contributed by atoms with Gasteiger partial charge in [-0.25, -0.2) is 0 Å². The fourth-order valence-corrected chi connectivity index (χ4v) is 3.00. The van der Waals surface area contributed by atoms with Crippen molar-refractivity contribution in [3.8, 4) is 0 Å². The van der Waals surface area contributed by atoms with Crippen molar-refractivity contribution in [2.24, 2.45) is 0 Å². The first-order valence-corrected chi connectivity index (χ1v) is 5.42. The third-order valence-corrected chi connectivity index (χ3v) is 3.69. The van der Waals surface area contributed by atoms with Gasteiger partial charge in [-0.05, 0) is 7.05 Å². The smallest absolute Gasteiger partial charge is 0.231 e. The minimum atomic E-state index is -0.0394. The van der Waals surface area contributed by atoms with Crippen molar-refractivity contribution in [1.82, 2.24) is 9.80 Å². The van der Waals surface area contributed by atoms with Gasteiger partial charge < -0.3 is 0 Å². The first-order valence-electron chi connectivity index (χ1n) is 4.37. The van der Waals surface area contributed by atoms with Crippen molar-refractivity contribution in [3.05, 3.63) is 0 Å². The molecule has 2 fully saturated rings. The van der Waals surface area contributed by atoms with Crippen molar-refractivity contribution >= 4 is 23.6 Å². The predicted octanol–water partition coefficient (Wildman–Crippen LogP) is 0.0976. The minimum Gasteiger partial charge on any atom is -0.277 e. The van der Waals surface area contributed by atoms with Crippen LogP contribution in [0.15, 0.2) is 0 Å². The van der Waals surface area contributed by atoms with Gasteiger partial charge in [0.1, 0.15) is 5.50 Å². The van der Waals surface area contributed by atoms with Gasteiger partial charge in [-0.2, -0.15) is 0 Å². The van der Waals surface area contributed by atoms with Crippen LogP contribution in [0.5, 0.6) is 0 Å². The summed E-state index contributed by atoms with van der Waals surface area (Å²) >= 11 is 1.67. The highest BCUT2D eigenvalue weighted by atomic mass is 32.2. The van der Waals surface area contributed by atoms with Crippen LogP contribution in [0.3, 0.4) is 0 Å². The zero-order chi connectivity index (χ0) is 9.42. The number of carbonyl (C=O) groups is 2. The zero-order valence-corrected chi connectivity index (χ0v) is 8.34. The molecule has 72 valence electrons. The fourth-order valence-electron chi connectivity index (χ4n) is 1.65. The fraction of sp³-hybridized carbons (Fsp3) is 0.750. The molecule has 0 bridgehead atoms. The standard InChI is InChI=1S/C8H12N2O2S/c1-9-4-5-13-8(9)10-6(11)2-3-7(10)12/h8H,2-5H2,1H3. The first kappa shape index (κ1) is 9.02. The topological polar surface area (TPSA) is 40.6 Å². The molecule has 2 aliphatic heterocycles. The number of amides is 2. The molecular weight excluding hydrogens is 188 g/mol. The van der Waals surface area contributed by atoms with Gasteiger partial charge in [0.15, 0.2) is 0 Å². The lowest BCUT2D eigenvalue weighted by molar-refractivity contribution is -0.141. The Hall–Kier alpha value is -0.550. The lowest BCUT2D eigenvalue weighted by Gasteiger charge is -2.26. The Bertz CT molecular complexity index is 241. The van der Waals surface area contributed by atoms with Crippen LogP contribution in [0.2, 0.25) is 0 Å². The molecule has 5 heteroatoms. The summed E-state index contributed by atoms with van der Waals surface area (Å²) in [5.41, 5.74) is -0.0394. The molecule has 2 amide bonds. The molecule has 0 aromatic heterocycles. The van der Waals surface area contributed by atoms with E-state index in [9.17, 15) is 9.59 Å². The molecule has 0 aromatic carbocycles. The van der Waals surface area contributed by atoms with E-state index < -0.39 is 0 Å². The van der Waals surface area contributed by atoms with Crippen molar-refractivity contribution in [1.29, 1.82) is 0 Å². The lowest BCUT2D eigenvalue weighted by Crippen LogP contribution is -2.44.